The summed E-state index contributed by atoms with van der Waals surface area (Å²) < 4.78 is 7.85. The zero-order valence-corrected chi connectivity index (χ0v) is 15.8. The van der Waals surface area contributed by atoms with Crippen LogP contribution in [0, 0.1) is 6.92 Å². The number of nitrogens with zero attached hydrogens (tertiary/aromatic N) is 6. The number of aromatic nitrogens is 6. The maximum absolute atomic E-state index is 5.79. The second kappa shape index (κ2) is 7.71. The van der Waals surface area contributed by atoms with Gasteiger partial charge in [-0.1, -0.05) is 29.5 Å². The summed E-state index contributed by atoms with van der Waals surface area (Å²) in [6, 6.07) is 11.9. The maximum atomic E-state index is 5.79. The van der Waals surface area contributed by atoms with Crippen LogP contribution in [0.5, 0.6) is 0 Å². The Kier molecular flexibility index (Phi) is 4.97. The number of thioether (sulfide) groups is 1. The summed E-state index contributed by atoms with van der Waals surface area (Å²) in [6.45, 7) is 4.88. The Bertz CT molecular complexity index is 1030. The Balaban J connectivity index is 1.50. The lowest BCUT2D eigenvalue weighted by Gasteiger charge is -2.06. The van der Waals surface area contributed by atoms with E-state index in [4.69, 9.17) is 4.42 Å². The normalized spacial score (nSPS) is 11.0. The van der Waals surface area contributed by atoms with Gasteiger partial charge in [0.25, 0.3) is 0 Å². The van der Waals surface area contributed by atoms with Gasteiger partial charge in [0.1, 0.15) is 0 Å². The van der Waals surface area contributed by atoms with E-state index in [0.717, 1.165) is 28.7 Å². The monoisotopic (exact) mass is 378 g/mol. The first-order chi connectivity index (χ1) is 13.2. The lowest BCUT2D eigenvalue weighted by Crippen LogP contribution is -2.00. The highest BCUT2D eigenvalue weighted by Crippen LogP contribution is 2.27. The van der Waals surface area contributed by atoms with Gasteiger partial charge in [0.15, 0.2) is 11.0 Å². The molecule has 3 heterocycles. The second-order valence-corrected chi connectivity index (χ2v) is 6.88. The Hall–Kier alpha value is -3.00. The molecular weight excluding hydrogens is 360 g/mol. The molecule has 0 aliphatic rings. The van der Waals surface area contributed by atoms with Gasteiger partial charge in [0, 0.05) is 30.1 Å². The first-order valence-electron chi connectivity index (χ1n) is 8.60. The molecule has 0 spiro atoms. The predicted octanol–water partition coefficient (Wildman–Crippen LogP) is 4.01. The summed E-state index contributed by atoms with van der Waals surface area (Å²) in [5.41, 5.74) is 3.10. The van der Waals surface area contributed by atoms with E-state index in [2.05, 4.69) is 36.9 Å². The van der Waals surface area contributed by atoms with Crippen molar-refractivity contribution in [3.63, 3.8) is 0 Å². The SMILES string of the molecule is CCn1c(SCc2nnc(-c3ccc(C)cc3)o2)nnc1-c1ccncc1. The van der Waals surface area contributed by atoms with Gasteiger partial charge in [0.05, 0.1) is 5.75 Å². The molecule has 0 saturated heterocycles. The Morgan fingerprint density at radius 3 is 2.44 bits per heavy atom. The van der Waals surface area contributed by atoms with Crippen LogP contribution >= 0.6 is 11.8 Å². The standard InChI is InChI=1S/C19H18N6OS/c1-3-25-17(14-8-10-20-11-9-14)22-24-19(25)27-12-16-21-23-18(26-16)15-6-4-13(2)5-7-15/h4-11H,3,12H2,1-2H3. The third-order valence-electron chi connectivity index (χ3n) is 4.06. The van der Waals surface area contributed by atoms with Crippen LogP contribution in [0.1, 0.15) is 18.4 Å². The number of hydrogen-bond donors (Lipinski definition) is 0. The van der Waals surface area contributed by atoms with Gasteiger partial charge < -0.3 is 8.98 Å². The summed E-state index contributed by atoms with van der Waals surface area (Å²) in [5.74, 6) is 2.45. The Morgan fingerprint density at radius 1 is 0.926 bits per heavy atom. The van der Waals surface area contributed by atoms with Gasteiger partial charge in [-0.15, -0.1) is 20.4 Å². The molecule has 1 aromatic carbocycles. The van der Waals surface area contributed by atoms with Crippen molar-refractivity contribution in [1.29, 1.82) is 0 Å². The predicted molar refractivity (Wildman–Crippen MR) is 103 cm³/mol. The van der Waals surface area contributed by atoms with Gasteiger partial charge in [-0.3, -0.25) is 4.98 Å². The molecular formula is C19H18N6OS. The van der Waals surface area contributed by atoms with Gasteiger partial charge in [0.2, 0.25) is 11.8 Å². The molecule has 4 aromatic rings. The van der Waals surface area contributed by atoms with Crippen LogP contribution in [0.15, 0.2) is 58.4 Å². The summed E-state index contributed by atoms with van der Waals surface area (Å²) in [5, 5.41) is 17.8. The molecule has 0 fully saturated rings. The van der Waals surface area contributed by atoms with Gasteiger partial charge in [-0.2, -0.15) is 0 Å². The molecule has 8 heteroatoms. The summed E-state index contributed by atoms with van der Waals surface area (Å²) in [4.78, 5) is 4.05. The van der Waals surface area contributed by atoms with E-state index in [-0.39, 0.29) is 0 Å². The lowest BCUT2D eigenvalue weighted by molar-refractivity contribution is 0.528. The highest BCUT2D eigenvalue weighted by molar-refractivity contribution is 7.98. The average molecular weight is 378 g/mol. The van der Waals surface area contributed by atoms with Crippen molar-refractivity contribution in [3.8, 4) is 22.8 Å². The van der Waals surface area contributed by atoms with Crippen molar-refractivity contribution in [2.24, 2.45) is 0 Å². The fourth-order valence-electron chi connectivity index (χ4n) is 2.65. The van der Waals surface area contributed by atoms with Crippen LogP contribution in [0.25, 0.3) is 22.8 Å². The molecule has 0 amide bonds. The summed E-state index contributed by atoms with van der Waals surface area (Å²) >= 11 is 1.53. The topological polar surface area (TPSA) is 82.5 Å². The highest BCUT2D eigenvalue weighted by atomic mass is 32.2. The Morgan fingerprint density at radius 2 is 1.70 bits per heavy atom. The van der Waals surface area contributed by atoms with E-state index in [9.17, 15) is 0 Å². The molecule has 0 bridgehead atoms. The number of rotatable bonds is 6. The molecule has 0 aliphatic carbocycles. The third kappa shape index (κ3) is 3.75. The van der Waals surface area contributed by atoms with Gasteiger partial charge in [-0.25, -0.2) is 0 Å². The van der Waals surface area contributed by atoms with Crippen LogP contribution in [0.4, 0.5) is 0 Å². The molecule has 136 valence electrons. The van der Waals surface area contributed by atoms with Crippen LogP contribution in [0.3, 0.4) is 0 Å². The third-order valence-corrected chi connectivity index (χ3v) is 5.01. The molecule has 27 heavy (non-hydrogen) atoms. The van der Waals surface area contributed by atoms with Crippen molar-refractivity contribution < 1.29 is 4.42 Å². The zero-order valence-electron chi connectivity index (χ0n) is 15.0. The van der Waals surface area contributed by atoms with Crippen molar-refractivity contribution in [1.82, 2.24) is 29.9 Å². The van der Waals surface area contributed by atoms with E-state index in [0.29, 0.717) is 17.5 Å². The van der Waals surface area contributed by atoms with Gasteiger partial charge >= 0.3 is 0 Å². The lowest BCUT2D eigenvalue weighted by atomic mass is 10.1. The number of hydrogen-bond acceptors (Lipinski definition) is 7. The molecule has 7 nitrogen and oxygen atoms in total. The maximum Gasteiger partial charge on any atom is 0.247 e. The first-order valence-corrected chi connectivity index (χ1v) is 9.59. The van der Waals surface area contributed by atoms with E-state index in [1.807, 2.05) is 43.3 Å². The molecule has 3 aromatic heterocycles. The van der Waals surface area contributed by atoms with Crippen molar-refractivity contribution in [2.45, 2.75) is 31.3 Å². The minimum absolute atomic E-state index is 0.528. The molecule has 0 unspecified atom stereocenters. The molecule has 4 rings (SSSR count). The summed E-state index contributed by atoms with van der Waals surface area (Å²) in [6.07, 6.45) is 3.50. The van der Waals surface area contributed by atoms with E-state index >= 15 is 0 Å². The molecule has 0 aliphatic heterocycles. The zero-order chi connectivity index (χ0) is 18.6. The van der Waals surface area contributed by atoms with Crippen LogP contribution in [-0.4, -0.2) is 29.9 Å². The minimum Gasteiger partial charge on any atom is -0.420 e. The fourth-order valence-corrected chi connectivity index (χ4v) is 3.49. The van der Waals surface area contributed by atoms with E-state index in [1.54, 1.807) is 12.4 Å². The number of aryl methyl sites for hydroxylation is 1. The first kappa shape index (κ1) is 17.4. The quantitative estimate of drug-likeness (QED) is 0.469. The fraction of sp³-hybridized carbons (Fsp3) is 0.211. The van der Waals surface area contributed by atoms with E-state index < -0.39 is 0 Å². The highest BCUT2D eigenvalue weighted by Gasteiger charge is 2.15. The summed E-state index contributed by atoms with van der Waals surface area (Å²) in [7, 11) is 0. The minimum atomic E-state index is 0.528. The van der Waals surface area contributed by atoms with Crippen molar-refractivity contribution >= 4 is 11.8 Å². The number of pyridine rings is 1. The van der Waals surface area contributed by atoms with Crippen LogP contribution < -0.4 is 0 Å². The molecule has 0 atom stereocenters. The largest absolute Gasteiger partial charge is 0.420 e. The smallest absolute Gasteiger partial charge is 0.247 e. The number of benzene rings is 1. The van der Waals surface area contributed by atoms with Crippen molar-refractivity contribution in [2.75, 3.05) is 0 Å². The second-order valence-electron chi connectivity index (χ2n) is 5.94. The van der Waals surface area contributed by atoms with Crippen molar-refractivity contribution in [3.05, 3.63) is 60.2 Å². The van der Waals surface area contributed by atoms with Crippen LogP contribution in [-0.2, 0) is 12.3 Å². The molecule has 0 saturated carbocycles. The Labute approximate surface area is 160 Å². The molecule has 0 radical (unpaired) electrons. The van der Waals surface area contributed by atoms with E-state index in [1.165, 1.54) is 17.3 Å². The van der Waals surface area contributed by atoms with Gasteiger partial charge in [-0.05, 0) is 38.1 Å². The van der Waals surface area contributed by atoms with Crippen LogP contribution in [0.2, 0.25) is 0 Å². The molecule has 0 N–H and O–H groups in total. The average Bonchev–Trinajstić information content (AvgIpc) is 3.34.